The van der Waals surface area contributed by atoms with E-state index >= 15 is 0 Å². The summed E-state index contributed by atoms with van der Waals surface area (Å²) in [7, 11) is 0. The lowest BCUT2D eigenvalue weighted by Gasteiger charge is -2.16. The van der Waals surface area contributed by atoms with E-state index in [1.54, 1.807) is 0 Å². The van der Waals surface area contributed by atoms with Crippen LogP contribution in [0.3, 0.4) is 0 Å². The first kappa shape index (κ1) is 16.9. The molecule has 132 valence electrons. The standard InChI is InChI=1S/C16H25N5O3/c17-12(11-6-5-10(7-22)24-11)14-13(18)15(19)21-16(20-14)23-8-9-3-1-2-4-9/h9-11,17,22H,1-8,18H2,(H2,19,20,21). The van der Waals surface area contributed by atoms with E-state index in [1.807, 2.05) is 0 Å². The van der Waals surface area contributed by atoms with Gasteiger partial charge >= 0.3 is 6.01 Å². The minimum absolute atomic E-state index is 0.0546. The highest BCUT2D eigenvalue weighted by atomic mass is 16.5. The Morgan fingerprint density at radius 1 is 1.21 bits per heavy atom. The van der Waals surface area contributed by atoms with Crippen LogP contribution in [-0.2, 0) is 4.74 Å². The number of hydrogen-bond acceptors (Lipinski definition) is 8. The van der Waals surface area contributed by atoms with Gasteiger partial charge in [0.15, 0.2) is 5.82 Å². The molecular weight excluding hydrogens is 310 g/mol. The van der Waals surface area contributed by atoms with Crippen molar-refractivity contribution in [1.82, 2.24) is 9.97 Å². The van der Waals surface area contributed by atoms with Crippen LogP contribution in [0.4, 0.5) is 11.5 Å². The maximum absolute atomic E-state index is 9.17. The van der Waals surface area contributed by atoms with Gasteiger partial charge in [0.1, 0.15) is 17.5 Å². The van der Waals surface area contributed by atoms with E-state index < -0.39 is 6.10 Å². The number of hydrogen-bond donors (Lipinski definition) is 4. The molecule has 0 aromatic carbocycles. The van der Waals surface area contributed by atoms with Crippen LogP contribution in [0.1, 0.15) is 44.2 Å². The molecule has 1 aromatic heterocycles. The van der Waals surface area contributed by atoms with Gasteiger partial charge in [-0.05, 0) is 31.6 Å². The van der Waals surface area contributed by atoms with E-state index in [0.29, 0.717) is 25.4 Å². The molecule has 1 aromatic rings. The average Bonchev–Trinajstić information content (AvgIpc) is 3.26. The fraction of sp³-hybridized carbons (Fsp3) is 0.688. The highest BCUT2D eigenvalue weighted by molar-refractivity contribution is 6.05. The molecule has 0 bridgehead atoms. The Bertz CT molecular complexity index is 604. The SMILES string of the molecule is N=C(c1nc(OCC2CCCC2)nc(N)c1N)C1CCC(CO)O1. The molecular formula is C16H25N5O3. The monoisotopic (exact) mass is 335 g/mol. The van der Waals surface area contributed by atoms with E-state index in [4.69, 9.17) is 31.5 Å². The number of nitrogen functional groups attached to an aromatic ring is 2. The van der Waals surface area contributed by atoms with Crippen LogP contribution in [-0.4, -0.2) is 46.2 Å². The van der Waals surface area contributed by atoms with Crippen LogP contribution >= 0.6 is 0 Å². The van der Waals surface area contributed by atoms with Gasteiger partial charge in [0.05, 0.1) is 25.0 Å². The van der Waals surface area contributed by atoms with Crippen molar-refractivity contribution in [3.8, 4) is 6.01 Å². The summed E-state index contributed by atoms with van der Waals surface area (Å²) in [5.41, 5.74) is 12.4. The first-order valence-corrected chi connectivity index (χ1v) is 8.49. The van der Waals surface area contributed by atoms with E-state index in [0.717, 1.165) is 12.8 Å². The van der Waals surface area contributed by atoms with E-state index in [1.165, 1.54) is 12.8 Å². The maximum atomic E-state index is 9.17. The number of nitrogens with one attached hydrogen (secondary N) is 1. The van der Waals surface area contributed by atoms with Crippen molar-refractivity contribution in [3.63, 3.8) is 0 Å². The van der Waals surface area contributed by atoms with Crippen LogP contribution < -0.4 is 16.2 Å². The molecule has 2 heterocycles. The topological polar surface area (TPSA) is 140 Å². The number of nitrogens with zero attached hydrogens (tertiary/aromatic N) is 2. The summed E-state index contributed by atoms with van der Waals surface area (Å²) < 4.78 is 11.3. The molecule has 3 rings (SSSR count). The van der Waals surface area contributed by atoms with Crippen molar-refractivity contribution in [2.45, 2.75) is 50.7 Å². The summed E-state index contributed by atoms with van der Waals surface area (Å²) in [6, 6.07) is 0.157. The van der Waals surface area contributed by atoms with Gasteiger partial charge in [0.25, 0.3) is 0 Å². The van der Waals surface area contributed by atoms with Crippen molar-refractivity contribution in [3.05, 3.63) is 5.69 Å². The fourth-order valence-corrected chi connectivity index (χ4v) is 3.31. The third kappa shape index (κ3) is 3.59. The number of aliphatic hydroxyl groups is 1. The van der Waals surface area contributed by atoms with Crippen molar-refractivity contribution in [2.75, 3.05) is 24.7 Å². The summed E-state index contributed by atoms with van der Waals surface area (Å²) in [6.07, 6.45) is 5.45. The zero-order valence-electron chi connectivity index (χ0n) is 13.7. The lowest BCUT2D eigenvalue weighted by atomic mass is 10.1. The van der Waals surface area contributed by atoms with Gasteiger partial charge in [0, 0.05) is 0 Å². The minimum Gasteiger partial charge on any atom is -0.463 e. The Kier molecular flexibility index (Phi) is 5.15. The average molecular weight is 335 g/mol. The summed E-state index contributed by atoms with van der Waals surface area (Å²) >= 11 is 0. The molecule has 2 fully saturated rings. The van der Waals surface area contributed by atoms with Gasteiger partial charge in [-0.2, -0.15) is 9.97 Å². The number of ether oxygens (including phenoxy) is 2. The normalized spacial score (nSPS) is 24.4. The van der Waals surface area contributed by atoms with Crippen LogP contribution in [0, 0.1) is 11.3 Å². The zero-order chi connectivity index (χ0) is 17.1. The number of aliphatic hydroxyl groups excluding tert-OH is 1. The summed E-state index contributed by atoms with van der Waals surface area (Å²) in [6.45, 7) is 0.504. The predicted molar refractivity (Wildman–Crippen MR) is 90.1 cm³/mol. The molecule has 1 saturated carbocycles. The van der Waals surface area contributed by atoms with E-state index in [2.05, 4.69) is 9.97 Å². The molecule has 8 heteroatoms. The van der Waals surface area contributed by atoms with Gasteiger partial charge in [-0.15, -0.1) is 0 Å². The summed E-state index contributed by atoms with van der Waals surface area (Å²) in [5.74, 6) is 0.640. The number of nitrogens with two attached hydrogens (primary N) is 2. The van der Waals surface area contributed by atoms with Gasteiger partial charge < -0.3 is 31.5 Å². The Balaban J connectivity index is 1.72. The molecule has 2 unspecified atom stereocenters. The van der Waals surface area contributed by atoms with Crippen molar-refractivity contribution < 1.29 is 14.6 Å². The lowest BCUT2D eigenvalue weighted by molar-refractivity contribution is 0.0380. The summed E-state index contributed by atoms with van der Waals surface area (Å²) in [5, 5.41) is 17.5. The second-order valence-corrected chi connectivity index (χ2v) is 6.54. The molecule has 2 aliphatic rings. The first-order chi connectivity index (χ1) is 11.6. The largest absolute Gasteiger partial charge is 0.463 e. The highest BCUT2D eigenvalue weighted by Gasteiger charge is 2.31. The second kappa shape index (κ2) is 7.31. The third-order valence-electron chi connectivity index (χ3n) is 4.77. The first-order valence-electron chi connectivity index (χ1n) is 8.49. The highest BCUT2D eigenvalue weighted by Crippen LogP contribution is 2.28. The Morgan fingerprint density at radius 3 is 2.62 bits per heavy atom. The van der Waals surface area contributed by atoms with Crippen LogP contribution in [0.2, 0.25) is 0 Å². The predicted octanol–water partition coefficient (Wildman–Crippen LogP) is 1.12. The van der Waals surface area contributed by atoms with Gasteiger partial charge in [-0.1, -0.05) is 12.8 Å². The van der Waals surface area contributed by atoms with E-state index in [-0.39, 0.29) is 41.6 Å². The molecule has 24 heavy (non-hydrogen) atoms. The quantitative estimate of drug-likeness (QED) is 0.571. The van der Waals surface area contributed by atoms with Gasteiger partial charge in [0.2, 0.25) is 0 Å². The Morgan fingerprint density at radius 2 is 1.96 bits per heavy atom. The minimum atomic E-state index is -0.443. The molecule has 1 aliphatic carbocycles. The number of rotatable bonds is 6. The molecule has 1 aliphatic heterocycles. The molecule has 2 atom stereocenters. The maximum Gasteiger partial charge on any atom is 0.319 e. The van der Waals surface area contributed by atoms with Crippen LogP contribution in [0.15, 0.2) is 0 Å². The molecule has 6 N–H and O–H groups in total. The molecule has 1 saturated heterocycles. The van der Waals surface area contributed by atoms with Gasteiger partial charge in [-0.25, -0.2) is 0 Å². The van der Waals surface area contributed by atoms with Crippen molar-refractivity contribution in [1.29, 1.82) is 5.41 Å². The van der Waals surface area contributed by atoms with Crippen molar-refractivity contribution >= 4 is 17.2 Å². The second-order valence-electron chi connectivity index (χ2n) is 6.54. The number of aromatic nitrogens is 2. The molecule has 0 spiro atoms. The summed E-state index contributed by atoms with van der Waals surface area (Å²) in [4.78, 5) is 8.36. The lowest BCUT2D eigenvalue weighted by Crippen LogP contribution is -2.25. The molecule has 0 radical (unpaired) electrons. The van der Waals surface area contributed by atoms with E-state index in [9.17, 15) is 0 Å². The molecule has 0 amide bonds. The smallest absolute Gasteiger partial charge is 0.319 e. The third-order valence-corrected chi connectivity index (χ3v) is 4.77. The van der Waals surface area contributed by atoms with Gasteiger partial charge in [-0.3, -0.25) is 0 Å². The Labute approximate surface area is 141 Å². The molecule has 8 nitrogen and oxygen atoms in total. The fourth-order valence-electron chi connectivity index (χ4n) is 3.31. The Hall–Kier alpha value is -1.93. The van der Waals surface area contributed by atoms with Crippen LogP contribution in [0.5, 0.6) is 6.01 Å². The number of anilines is 2. The zero-order valence-corrected chi connectivity index (χ0v) is 13.7. The van der Waals surface area contributed by atoms with Crippen molar-refractivity contribution in [2.24, 2.45) is 5.92 Å². The van der Waals surface area contributed by atoms with Crippen LogP contribution in [0.25, 0.3) is 0 Å².